The number of halogens is 2. The van der Waals surface area contributed by atoms with E-state index < -0.39 is 11.6 Å². The van der Waals surface area contributed by atoms with E-state index in [4.69, 9.17) is 0 Å². The average molecular weight is 291 g/mol. The lowest BCUT2D eigenvalue weighted by Gasteiger charge is -2.24. The molecule has 1 aromatic carbocycles. The molecular formula is C15H15F2N3O. The van der Waals surface area contributed by atoms with Gasteiger partial charge in [0.05, 0.1) is 6.04 Å². The molecule has 3 rings (SSSR count). The minimum absolute atomic E-state index is 0.0293. The highest BCUT2D eigenvalue weighted by Gasteiger charge is 2.30. The van der Waals surface area contributed by atoms with Crippen molar-refractivity contribution in [3.05, 3.63) is 53.9 Å². The third-order valence-electron chi connectivity index (χ3n) is 3.61. The number of anilines is 1. The Morgan fingerprint density at radius 3 is 2.71 bits per heavy atom. The Balaban J connectivity index is 1.75. The van der Waals surface area contributed by atoms with E-state index in [-0.39, 0.29) is 17.8 Å². The van der Waals surface area contributed by atoms with Crippen LogP contribution in [-0.4, -0.2) is 22.5 Å². The molecular weight excluding hydrogens is 276 g/mol. The Bertz CT molecular complexity index is 622. The standard InChI is InChI=1S/C15H15F2N3O/c16-10-7-11(17)9-12(8-10)19-15(21)20-6-2-4-14(20)13-3-1-5-18-13/h1,3,5,7-9,14,18H,2,4,6H2,(H,19,21). The zero-order valence-corrected chi connectivity index (χ0v) is 11.3. The van der Waals surface area contributed by atoms with Crippen LogP contribution in [0.4, 0.5) is 19.3 Å². The number of carbonyl (C=O) groups excluding carboxylic acids is 1. The molecule has 0 bridgehead atoms. The summed E-state index contributed by atoms with van der Waals surface area (Å²) in [4.78, 5) is 17.1. The highest BCUT2D eigenvalue weighted by atomic mass is 19.1. The van der Waals surface area contributed by atoms with Gasteiger partial charge in [-0.15, -0.1) is 0 Å². The number of benzene rings is 1. The van der Waals surface area contributed by atoms with Gasteiger partial charge in [-0.05, 0) is 37.1 Å². The fourth-order valence-electron chi connectivity index (χ4n) is 2.71. The Morgan fingerprint density at radius 1 is 1.29 bits per heavy atom. The van der Waals surface area contributed by atoms with Crippen molar-refractivity contribution in [2.24, 2.45) is 0 Å². The molecule has 1 fully saturated rings. The predicted molar refractivity (Wildman–Crippen MR) is 74.9 cm³/mol. The molecule has 4 nitrogen and oxygen atoms in total. The van der Waals surface area contributed by atoms with Gasteiger partial charge in [0.25, 0.3) is 0 Å². The second-order valence-electron chi connectivity index (χ2n) is 5.07. The van der Waals surface area contributed by atoms with Crippen molar-refractivity contribution >= 4 is 11.7 Å². The molecule has 2 heterocycles. The predicted octanol–water partition coefficient (Wildman–Crippen LogP) is 3.66. The van der Waals surface area contributed by atoms with Gasteiger partial charge < -0.3 is 15.2 Å². The summed E-state index contributed by atoms with van der Waals surface area (Å²) < 4.78 is 26.3. The van der Waals surface area contributed by atoms with E-state index in [9.17, 15) is 13.6 Å². The van der Waals surface area contributed by atoms with Gasteiger partial charge in [-0.2, -0.15) is 0 Å². The number of urea groups is 1. The van der Waals surface area contributed by atoms with Crippen LogP contribution in [0.5, 0.6) is 0 Å². The molecule has 2 amide bonds. The Hall–Kier alpha value is -2.37. The number of rotatable bonds is 2. The van der Waals surface area contributed by atoms with Crippen molar-refractivity contribution in [2.75, 3.05) is 11.9 Å². The van der Waals surface area contributed by atoms with E-state index in [2.05, 4.69) is 10.3 Å². The van der Waals surface area contributed by atoms with Crippen LogP contribution in [0.1, 0.15) is 24.6 Å². The van der Waals surface area contributed by atoms with E-state index >= 15 is 0 Å². The third kappa shape index (κ3) is 2.89. The minimum atomic E-state index is -0.715. The zero-order valence-electron chi connectivity index (χ0n) is 11.3. The number of aromatic nitrogens is 1. The van der Waals surface area contributed by atoms with Crippen LogP contribution in [0.2, 0.25) is 0 Å². The molecule has 1 aromatic heterocycles. The molecule has 1 aliphatic rings. The lowest BCUT2D eigenvalue weighted by molar-refractivity contribution is 0.206. The quantitative estimate of drug-likeness (QED) is 0.871. The van der Waals surface area contributed by atoms with Gasteiger partial charge in [0.2, 0.25) is 0 Å². The first-order chi connectivity index (χ1) is 10.1. The number of carbonyl (C=O) groups is 1. The van der Waals surface area contributed by atoms with Crippen molar-refractivity contribution in [1.82, 2.24) is 9.88 Å². The molecule has 6 heteroatoms. The maximum Gasteiger partial charge on any atom is 0.322 e. The highest BCUT2D eigenvalue weighted by molar-refractivity contribution is 5.89. The SMILES string of the molecule is O=C(Nc1cc(F)cc(F)c1)N1CCCC1c1ccc[nH]1. The lowest BCUT2D eigenvalue weighted by atomic mass is 10.1. The smallest absolute Gasteiger partial charge is 0.322 e. The number of nitrogens with zero attached hydrogens (tertiary/aromatic N) is 1. The molecule has 1 atom stereocenters. The van der Waals surface area contributed by atoms with Crippen molar-refractivity contribution in [2.45, 2.75) is 18.9 Å². The topological polar surface area (TPSA) is 48.1 Å². The summed E-state index contributed by atoms with van der Waals surface area (Å²) in [6, 6.07) is 6.40. The molecule has 110 valence electrons. The van der Waals surface area contributed by atoms with Crippen molar-refractivity contribution < 1.29 is 13.6 Å². The van der Waals surface area contributed by atoms with Gasteiger partial charge in [0, 0.05) is 30.2 Å². The fourth-order valence-corrected chi connectivity index (χ4v) is 2.71. The maximum atomic E-state index is 13.1. The monoisotopic (exact) mass is 291 g/mol. The normalized spacial score (nSPS) is 18.0. The molecule has 1 aliphatic heterocycles. The van der Waals surface area contributed by atoms with E-state index in [1.165, 1.54) is 0 Å². The number of amides is 2. The summed E-state index contributed by atoms with van der Waals surface area (Å²) in [5.74, 6) is -1.43. The first-order valence-corrected chi connectivity index (χ1v) is 6.80. The van der Waals surface area contributed by atoms with Gasteiger partial charge in [-0.1, -0.05) is 0 Å². The summed E-state index contributed by atoms with van der Waals surface area (Å²) >= 11 is 0. The van der Waals surface area contributed by atoms with Crippen LogP contribution in [0.3, 0.4) is 0 Å². The zero-order chi connectivity index (χ0) is 14.8. The van der Waals surface area contributed by atoms with E-state index in [1.54, 1.807) is 4.90 Å². The van der Waals surface area contributed by atoms with Crippen LogP contribution >= 0.6 is 0 Å². The number of nitrogens with one attached hydrogen (secondary N) is 2. The summed E-state index contributed by atoms with van der Waals surface area (Å²) in [6.07, 6.45) is 3.58. The molecule has 1 unspecified atom stereocenters. The van der Waals surface area contributed by atoms with Gasteiger partial charge in [-0.3, -0.25) is 0 Å². The number of aromatic amines is 1. The Kier molecular flexibility index (Phi) is 3.60. The molecule has 21 heavy (non-hydrogen) atoms. The van der Waals surface area contributed by atoms with Gasteiger partial charge in [0.15, 0.2) is 0 Å². The second-order valence-corrected chi connectivity index (χ2v) is 5.07. The van der Waals surface area contributed by atoms with Crippen LogP contribution in [0, 0.1) is 11.6 Å². The summed E-state index contributed by atoms with van der Waals surface area (Å²) in [5, 5.41) is 2.55. The number of likely N-dealkylation sites (tertiary alicyclic amines) is 1. The van der Waals surface area contributed by atoms with Gasteiger partial charge in [0.1, 0.15) is 11.6 Å². The van der Waals surface area contributed by atoms with E-state index in [1.807, 2.05) is 18.3 Å². The summed E-state index contributed by atoms with van der Waals surface area (Å²) in [5.41, 5.74) is 1.09. The van der Waals surface area contributed by atoms with Crippen LogP contribution in [0.25, 0.3) is 0 Å². The third-order valence-corrected chi connectivity index (χ3v) is 3.61. The first kappa shape index (κ1) is 13.6. The molecule has 0 aliphatic carbocycles. The molecule has 1 saturated heterocycles. The largest absolute Gasteiger partial charge is 0.363 e. The number of hydrogen-bond donors (Lipinski definition) is 2. The molecule has 0 radical (unpaired) electrons. The van der Waals surface area contributed by atoms with Crippen molar-refractivity contribution in [1.29, 1.82) is 0 Å². The fraction of sp³-hybridized carbons (Fsp3) is 0.267. The average Bonchev–Trinajstić information content (AvgIpc) is 3.08. The maximum absolute atomic E-state index is 13.1. The summed E-state index contributed by atoms with van der Waals surface area (Å²) in [6.45, 7) is 0.618. The molecule has 2 aromatic rings. The Morgan fingerprint density at radius 2 is 2.05 bits per heavy atom. The van der Waals surface area contributed by atoms with Gasteiger partial charge in [-0.25, -0.2) is 13.6 Å². The lowest BCUT2D eigenvalue weighted by Crippen LogP contribution is -2.34. The molecule has 2 N–H and O–H groups in total. The molecule has 0 spiro atoms. The number of H-pyrrole nitrogens is 1. The minimum Gasteiger partial charge on any atom is -0.363 e. The van der Waals surface area contributed by atoms with Gasteiger partial charge >= 0.3 is 6.03 Å². The van der Waals surface area contributed by atoms with Crippen LogP contribution in [-0.2, 0) is 0 Å². The van der Waals surface area contributed by atoms with E-state index in [0.717, 1.165) is 36.7 Å². The Labute approximate surface area is 120 Å². The highest BCUT2D eigenvalue weighted by Crippen LogP contribution is 2.31. The van der Waals surface area contributed by atoms with Crippen LogP contribution in [0.15, 0.2) is 36.5 Å². The van der Waals surface area contributed by atoms with Crippen molar-refractivity contribution in [3.8, 4) is 0 Å². The first-order valence-electron chi connectivity index (χ1n) is 6.80. The van der Waals surface area contributed by atoms with Crippen molar-refractivity contribution in [3.63, 3.8) is 0 Å². The van der Waals surface area contributed by atoms with Crippen LogP contribution < -0.4 is 5.32 Å². The van der Waals surface area contributed by atoms with E-state index in [0.29, 0.717) is 6.54 Å². The molecule has 0 saturated carbocycles. The summed E-state index contributed by atoms with van der Waals surface area (Å²) in [7, 11) is 0. The second kappa shape index (κ2) is 5.55. The number of hydrogen-bond acceptors (Lipinski definition) is 1.